The first kappa shape index (κ1) is 17.0. The highest BCUT2D eigenvalue weighted by Crippen LogP contribution is 2.30. The van der Waals surface area contributed by atoms with Gasteiger partial charge in [0.1, 0.15) is 6.61 Å². The van der Waals surface area contributed by atoms with Crippen molar-refractivity contribution in [1.82, 2.24) is 10.2 Å². The number of ether oxygens (including phenoxy) is 1. The Morgan fingerprint density at radius 1 is 1.38 bits per heavy atom. The fraction of sp³-hybridized carbons (Fsp3) is 0.294. The average Bonchev–Trinajstić information content (AvgIpc) is 3.09. The molecule has 1 fully saturated rings. The largest absolute Gasteiger partial charge is 0.356 e. The number of hydrogen-bond donors (Lipinski definition) is 1. The number of likely N-dealkylation sites (N-methyl/N-ethyl adjacent to an activating group) is 1. The van der Waals surface area contributed by atoms with Crippen molar-refractivity contribution in [2.45, 2.75) is 18.7 Å². The van der Waals surface area contributed by atoms with Crippen LogP contribution in [-0.4, -0.2) is 36.5 Å². The van der Waals surface area contributed by atoms with Crippen molar-refractivity contribution < 1.29 is 14.3 Å². The van der Waals surface area contributed by atoms with Crippen molar-refractivity contribution in [2.24, 2.45) is 0 Å². The molecule has 0 aliphatic carbocycles. The molecular weight excluding hydrogens is 348 g/mol. The molecule has 1 aromatic heterocycles. The Labute approximate surface area is 149 Å². The number of carbonyl (C=O) groups is 2. The summed E-state index contributed by atoms with van der Waals surface area (Å²) in [4.78, 5) is 27.2. The fourth-order valence-corrected chi connectivity index (χ4v) is 3.45. The summed E-state index contributed by atoms with van der Waals surface area (Å²) in [5.74, 6) is -0.389. The highest BCUT2D eigenvalue weighted by atomic mass is 35.5. The van der Waals surface area contributed by atoms with E-state index in [0.29, 0.717) is 11.6 Å². The van der Waals surface area contributed by atoms with Crippen molar-refractivity contribution in [1.29, 1.82) is 0 Å². The van der Waals surface area contributed by atoms with Crippen LogP contribution in [0.5, 0.6) is 0 Å². The molecule has 0 radical (unpaired) electrons. The second-order valence-electron chi connectivity index (χ2n) is 5.53. The SMILES string of the molecule is CN1C(=O)COC(C(=O)NCc2cccs2)C1c1ccc(Cl)cc1. The van der Waals surface area contributed by atoms with Gasteiger partial charge in [-0.2, -0.15) is 0 Å². The van der Waals surface area contributed by atoms with Gasteiger partial charge in [-0.25, -0.2) is 0 Å². The van der Waals surface area contributed by atoms with E-state index in [2.05, 4.69) is 5.32 Å². The lowest BCUT2D eigenvalue weighted by Gasteiger charge is -2.38. The summed E-state index contributed by atoms with van der Waals surface area (Å²) >= 11 is 7.51. The Balaban J connectivity index is 1.79. The van der Waals surface area contributed by atoms with Crippen molar-refractivity contribution in [2.75, 3.05) is 13.7 Å². The van der Waals surface area contributed by atoms with Crippen LogP contribution < -0.4 is 5.32 Å². The summed E-state index contributed by atoms with van der Waals surface area (Å²) in [7, 11) is 1.68. The Morgan fingerprint density at radius 3 is 2.79 bits per heavy atom. The summed E-state index contributed by atoms with van der Waals surface area (Å²) < 4.78 is 5.56. The van der Waals surface area contributed by atoms with Crippen LogP contribution in [0.3, 0.4) is 0 Å². The minimum atomic E-state index is -0.756. The van der Waals surface area contributed by atoms with Crippen LogP contribution >= 0.6 is 22.9 Å². The highest BCUT2D eigenvalue weighted by molar-refractivity contribution is 7.09. The number of morpholine rings is 1. The predicted octanol–water partition coefficient (Wildman–Crippen LogP) is 2.62. The summed E-state index contributed by atoms with van der Waals surface area (Å²) in [6.07, 6.45) is -0.756. The lowest BCUT2D eigenvalue weighted by molar-refractivity contribution is -0.162. The molecule has 126 valence electrons. The van der Waals surface area contributed by atoms with E-state index in [1.165, 1.54) is 0 Å². The maximum absolute atomic E-state index is 12.6. The van der Waals surface area contributed by atoms with Crippen molar-refractivity contribution in [3.05, 3.63) is 57.2 Å². The normalized spacial score (nSPS) is 20.9. The smallest absolute Gasteiger partial charge is 0.251 e. The molecule has 1 aliphatic heterocycles. The maximum atomic E-state index is 12.6. The third kappa shape index (κ3) is 3.61. The fourth-order valence-electron chi connectivity index (χ4n) is 2.68. The number of rotatable bonds is 4. The molecule has 2 atom stereocenters. The van der Waals surface area contributed by atoms with Gasteiger partial charge in [-0.3, -0.25) is 9.59 Å². The Hall–Kier alpha value is -1.89. The molecule has 5 nitrogen and oxygen atoms in total. The minimum absolute atomic E-state index is 0.0995. The monoisotopic (exact) mass is 364 g/mol. The zero-order valence-corrected chi connectivity index (χ0v) is 14.6. The molecule has 1 aromatic carbocycles. The standard InChI is InChI=1S/C17H17ClN2O3S/c1-20-14(21)10-23-16(15(20)11-4-6-12(18)7-5-11)17(22)19-9-13-3-2-8-24-13/h2-8,15-16H,9-10H2,1H3,(H,19,22). The van der Waals surface area contributed by atoms with Gasteiger partial charge in [-0.05, 0) is 29.1 Å². The Bertz CT molecular complexity index is 718. The molecule has 7 heteroatoms. The van der Waals surface area contributed by atoms with E-state index >= 15 is 0 Å². The van der Waals surface area contributed by atoms with Crippen LogP contribution in [-0.2, 0) is 20.9 Å². The number of amides is 2. The van der Waals surface area contributed by atoms with Gasteiger partial charge in [-0.1, -0.05) is 29.8 Å². The van der Waals surface area contributed by atoms with Crippen LogP contribution in [0.15, 0.2) is 41.8 Å². The average molecular weight is 365 g/mol. The molecule has 2 amide bonds. The van der Waals surface area contributed by atoms with Crippen molar-refractivity contribution in [3.63, 3.8) is 0 Å². The van der Waals surface area contributed by atoms with Gasteiger partial charge in [0, 0.05) is 16.9 Å². The molecule has 1 aliphatic rings. The molecule has 2 heterocycles. The third-order valence-electron chi connectivity index (χ3n) is 3.97. The van der Waals surface area contributed by atoms with Gasteiger partial charge in [0.05, 0.1) is 12.6 Å². The van der Waals surface area contributed by atoms with E-state index in [1.807, 2.05) is 29.6 Å². The number of benzene rings is 1. The van der Waals surface area contributed by atoms with Crippen LogP contribution in [0.4, 0.5) is 0 Å². The first-order chi connectivity index (χ1) is 11.6. The molecule has 1 saturated heterocycles. The number of nitrogens with one attached hydrogen (secondary N) is 1. The molecule has 0 saturated carbocycles. The van der Waals surface area contributed by atoms with Crippen LogP contribution in [0.1, 0.15) is 16.5 Å². The lowest BCUT2D eigenvalue weighted by atomic mass is 9.97. The van der Waals surface area contributed by atoms with E-state index in [1.54, 1.807) is 35.4 Å². The zero-order valence-electron chi connectivity index (χ0n) is 13.1. The van der Waals surface area contributed by atoms with E-state index in [-0.39, 0.29) is 18.4 Å². The van der Waals surface area contributed by atoms with Crippen LogP contribution in [0.2, 0.25) is 5.02 Å². The number of halogens is 1. The number of hydrogen-bond acceptors (Lipinski definition) is 4. The first-order valence-electron chi connectivity index (χ1n) is 7.49. The Morgan fingerprint density at radius 2 is 2.12 bits per heavy atom. The van der Waals surface area contributed by atoms with E-state index in [0.717, 1.165) is 10.4 Å². The molecule has 2 unspecified atom stereocenters. The molecule has 2 aromatic rings. The molecule has 24 heavy (non-hydrogen) atoms. The van der Waals surface area contributed by atoms with Crippen molar-refractivity contribution in [3.8, 4) is 0 Å². The van der Waals surface area contributed by atoms with Gasteiger partial charge in [-0.15, -0.1) is 11.3 Å². The van der Waals surface area contributed by atoms with Gasteiger partial charge in [0.2, 0.25) is 5.91 Å². The number of carbonyl (C=O) groups excluding carboxylic acids is 2. The van der Waals surface area contributed by atoms with Gasteiger partial charge in [0.15, 0.2) is 6.10 Å². The molecule has 1 N–H and O–H groups in total. The second kappa shape index (κ2) is 7.34. The van der Waals surface area contributed by atoms with E-state index < -0.39 is 12.1 Å². The van der Waals surface area contributed by atoms with Crippen LogP contribution in [0, 0.1) is 0 Å². The van der Waals surface area contributed by atoms with Gasteiger partial charge in [0.25, 0.3) is 5.91 Å². The molecule has 0 bridgehead atoms. The first-order valence-corrected chi connectivity index (χ1v) is 8.75. The topological polar surface area (TPSA) is 58.6 Å². The van der Waals surface area contributed by atoms with Crippen LogP contribution in [0.25, 0.3) is 0 Å². The van der Waals surface area contributed by atoms with E-state index in [9.17, 15) is 9.59 Å². The van der Waals surface area contributed by atoms with Gasteiger partial charge >= 0.3 is 0 Å². The summed E-state index contributed by atoms with van der Waals surface area (Å²) in [6.45, 7) is 0.346. The van der Waals surface area contributed by atoms with Gasteiger partial charge < -0.3 is 15.0 Å². The molecular formula is C17H17ClN2O3S. The number of nitrogens with zero attached hydrogens (tertiary/aromatic N) is 1. The zero-order chi connectivity index (χ0) is 17.1. The lowest BCUT2D eigenvalue weighted by Crippen LogP contribution is -2.52. The summed E-state index contributed by atoms with van der Waals surface area (Å²) in [6, 6.07) is 10.5. The maximum Gasteiger partial charge on any atom is 0.251 e. The minimum Gasteiger partial charge on any atom is -0.356 e. The third-order valence-corrected chi connectivity index (χ3v) is 5.10. The Kier molecular flexibility index (Phi) is 5.18. The highest BCUT2D eigenvalue weighted by Gasteiger charge is 2.39. The summed E-state index contributed by atoms with van der Waals surface area (Å²) in [5, 5.41) is 5.44. The summed E-state index contributed by atoms with van der Waals surface area (Å²) in [5.41, 5.74) is 0.811. The molecule has 0 spiro atoms. The van der Waals surface area contributed by atoms with E-state index in [4.69, 9.17) is 16.3 Å². The molecule has 3 rings (SSSR count). The number of thiophene rings is 1. The second-order valence-corrected chi connectivity index (χ2v) is 7.00. The van der Waals surface area contributed by atoms with Crippen molar-refractivity contribution >= 4 is 34.8 Å². The quantitative estimate of drug-likeness (QED) is 0.907. The predicted molar refractivity (Wildman–Crippen MR) is 92.9 cm³/mol.